The molecule has 2 aromatic rings. The van der Waals surface area contributed by atoms with Crippen molar-refractivity contribution >= 4 is 49.9 Å². The molecule has 0 radical (unpaired) electrons. The second kappa shape index (κ2) is 6.39. The molecule has 0 N–H and O–H groups in total. The fourth-order valence-corrected chi connectivity index (χ4v) is 3.78. The molecule has 0 amide bonds. The fraction of sp³-hybridized carbons (Fsp3) is 0.286. The van der Waals surface area contributed by atoms with Crippen LogP contribution in [0.2, 0.25) is 0 Å². The average Bonchev–Trinajstić information content (AvgIpc) is 2.75. The van der Waals surface area contributed by atoms with Crippen LogP contribution in [0.4, 0.5) is 0 Å². The lowest BCUT2D eigenvalue weighted by atomic mass is 10.1. The Bertz CT molecular complexity index is 507. The van der Waals surface area contributed by atoms with Crippen molar-refractivity contribution in [1.82, 2.24) is 0 Å². The smallest absolute Gasteiger partial charge is 0.119 e. The molecule has 2 rings (SSSR count). The van der Waals surface area contributed by atoms with Crippen LogP contribution in [0.25, 0.3) is 0 Å². The lowest BCUT2D eigenvalue weighted by molar-refractivity contribution is 0.242. The summed E-state index contributed by atoms with van der Waals surface area (Å²) < 4.78 is 6.96. The van der Waals surface area contributed by atoms with Crippen LogP contribution in [0.3, 0.4) is 0 Å². The average molecular weight is 437 g/mol. The third kappa shape index (κ3) is 3.71. The highest BCUT2D eigenvalue weighted by Gasteiger charge is 2.12. The maximum atomic E-state index is 5.64. The molecule has 1 atom stereocenters. The maximum absolute atomic E-state index is 5.64. The van der Waals surface area contributed by atoms with Gasteiger partial charge in [-0.1, -0.05) is 28.1 Å². The fourth-order valence-electron chi connectivity index (χ4n) is 1.64. The number of thiophene rings is 1. The molecule has 1 unspecified atom stereocenters. The summed E-state index contributed by atoms with van der Waals surface area (Å²) in [5, 5.41) is 2.19. The van der Waals surface area contributed by atoms with Gasteiger partial charge in [0.15, 0.2) is 0 Å². The SMILES string of the molecule is CC(C)Oc1ccc(C(Br)c2csc(I)c2)cc1. The van der Waals surface area contributed by atoms with Crippen LogP contribution in [-0.2, 0) is 0 Å². The standard InChI is InChI=1S/C14H14BrIOS/c1-9(2)17-12-5-3-10(4-6-12)14(15)11-7-13(16)18-8-11/h3-9,14H,1-2H3. The molecule has 4 heteroatoms. The van der Waals surface area contributed by atoms with Gasteiger partial charge < -0.3 is 4.74 Å². The second-order valence-electron chi connectivity index (χ2n) is 4.28. The van der Waals surface area contributed by atoms with Crippen molar-refractivity contribution in [1.29, 1.82) is 0 Å². The Morgan fingerprint density at radius 3 is 2.33 bits per heavy atom. The van der Waals surface area contributed by atoms with Gasteiger partial charge in [-0.2, -0.15) is 0 Å². The quantitative estimate of drug-likeness (QED) is 0.446. The number of alkyl halides is 1. The van der Waals surface area contributed by atoms with E-state index in [2.05, 4.69) is 62.1 Å². The van der Waals surface area contributed by atoms with Crippen molar-refractivity contribution in [3.8, 4) is 5.75 Å². The Hall–Kier alpha value is -0.0700. The molecule has 0 bridgehead atoms. The van der Waals surface area contributed by atoms with Gasteiger partial charge in [-0.25, -0.2) is 0 Å². The maximum Gasteiger partial charge on any atom is 0.119 e. The Balaban J connectivity index is 2.14. The molecule has 18 heavy (non-hydrogen) atoms. The number of rotatable bonds is 4. The predicted molar refractivity (Wildman–Crippen MR) is 90.0 cm³/mol. The summed E-state index contributed by atoms with van der Waals surface area (Å²) in [5.74, 6) is 0.924. The molecule has 0 aliphatic heterocycles. The summed E-state index contributed by atoms with van der Waals surface area (Å²) in [6, 6.07) is 10.5. The van der Waals surface area contributed by atoms with Crippen molar-refractivity contribution in [2.24, 2.45) is 0 Å². The predicted octanol–water partition coefficient (Wildman–Crippen LogP) is 5.62. The molecule has 0 saturated heterocycles. The lowest BCUT2D eigenvalue weighted by Gasteiger charge is -2.12. The van der Waals surface area contributed by atoms with Crippen LogP contribution in [-0.4, -0.2) is 6.10 Å². The molecular weight excluding hydrogens is 423 g/mol. The molecule has 0 aliphatic carbocycles. The molecule has 1 aromatic heterocycles. The Morgan fingerprint density at radius 1 is 1.17 bits per heavy atom. The van der Waals surface area contributed by atoms with Crippen molar-refractivity contribution in [2.75, 3.05) is 0 Å². The molecule has 1 aromatic carbocycles. The van der Waals surface area contributed by atoms with Crippen molar-refractivity contribution < 1.29 is 4.74 Å². The minimum atomic E-state index is 0.217. The highest BCUT2D eigenvalue weighted by molar-refractivity contribution is 14.1. The molecular formula is C14H14BrIOS. The highest BCUT2D eigenvalue weighted by atomic mass is 127. The second-order valence-corrected chi connectivity index (χ2v) is 8.00. The van der Waals surface area contributed by atoms with E-state index in [9.17, 15) is 0 Å². The first kappa shape index (κ1) is 14.3. The van der Waals surface area contributed by atoms with Gasteiger partial charge in [0.2, 0.25) is 0 Å². The zero-order valence-corrected chi connectivity index (χ0v) is 14.8. The van der Waals surface area contributed by atoms with E-state index < -0.39 is 0 Å². The zero-order chi connectivity index (χ0) is 13.1. The van der Waals surface area contributed by atoms with Gasteiger partial charge in [0.1, 0.15) is 5.75 Å². The van der Waals surface area contributed by atoms with E-state index in [4.69, 9.17) is 4.74 Å². The van der Waals surface area contributed by atoms with E-state index in [1.807, 2.05) is 26.0 Å². The van der Waals surface area contributed by atoms with E-state index in [1.54, 1.807) is 11.3 Å². The molecule has 0 aliphatic rings. The van der Waals surface area contributed by atoms with Crippen molar-refractivity contribution in [3.63, 3.8) is 0 Å². The first-order chi connectivity index (χ1) is 8.56. The number of hydrogen-bond donors (Lipinski definition) is 0. The Morgan fingerprint density at radius 2 is 1.83 bits per heavy atom. The third-order valence-corrected chi connectivity index (χ3v) is 5.29. The highest BCUT2D eigenvalue weighted by Crippen LogP contribution is 2.34. The van der Waals surface area contributed by atoms with Crippen LogP contribution in [0.1, 0.15) is 29.8 Å². The van der Waals surface area contributed by atoms with Gasteiger partial charge in [0.05, 0.1) is 13.8 Å². The molecule has 1 nitrogen and oxygen atoms in total. The summed E-state index contributed by atoms with van der Waals surface area (Å²) in [6.45, 7) is 4.07. The molecule has 0 saturated carbocycles. The van der Waals surface area contributed by atoms with E-state index in [0.29, 0.717) is 0 Å². The van der Waals surface area contributed by atoms with Crippen LogP contribution in [0.15, 0.2) is 35.7 Å². The first-order valence-corrected chi connectivity index (χ1v) is 8.58. The Kier molecular flexibility index (Phi) is 5.09. The zero-order valence-electron chi connectivity index (χ0n) is 10.2. The number of benzene rings is 1. The van der Waals surface area contributed by atoms with Crippen LogP contribution < -0.4 is 4.74 Å². The van der Waals surface area contributed by atoms with Gasteiger partial charge in [-0.3, -0.25) is 0 Å². The minimum Gasteiger partial charge on any atom is -0.491 e. The summed E-state index contributed by atoms with van der Waals surface area (Å²) >= 11 is 7.87. The Labute approximate surface area is 134 Å². The topological polar surface area (TPSA) is 9.23 Å². The van der Waals surface area contributed by atoms with Crippen LogP contribution >= 0.6 is 49.9 Å². The third-order valence-electron chi connectivity index (χ3n) is 2.42. The van der Waals surface area contributed by atoms with E-state index >= 15 is 0 Å². The van der Waals surface area contributed by atoms with Crippen molar-refractivity contribution in [3.05, 3.63) is 49.7 Å². The molecule has 0 spiro atoms. The van der Waals surface area contributed by atoms with Crippen molar-refractivity contribution in [2.45, 2.75) is 24.8 Å². The summed E-state index contributed by atoms with van der Waals surface area (Å²) in [4.78, 5) is 0.255. The van der Waals surface area contributed by atoms with Gasteiger partial charge >= 0.3 is 0 Å². The van der Waals surface area contributed by atoms with E-state index in [1.165, 1.54) is 14.0 Å². The molecule has 96 valence electrons. The van der Waals surface area contributed by atoms with Gasteiger partial charge in [0.25, 0.3) is 0 Å². The normalized spacial score (nSPS) is 12.7. The monoisotopic (exact) mass is 436 g/mol. The number of hydrogen-bond acceptors (Lipinski definition) is 2. The van der Waals surface area contributed by atoms with Gasteiger partial charge in [0, 0.05) is 0 Å². The van der Waals surface area contributed by atoms with Crippen LogP contribution in [0.5, 0.6) is 5.75 Å². The molecule has 0 fully saturated rings. The van der Waals surface area contributed by atoms with Gasteiger partial charge in [-0.05, 0) is 71.1 Å². The number of halogens is 2. The first-order valence-electron chi connectivity index (χ1n) is 5.71. The largest absolute Gasteiger partial charge is 0.491 e. The van der Waals surface area contributed by atoms with E-state index in [-0.39, 0.29) is 10.9 Å². The summed E-state index contributed by atoms with van der Waals surface area (Å²) in [5.41, 5.74) is 2.56. The van der Waals surface area contributed by atoms with E-state index in [0.717, 1.165) is 5.75 Å². The van der Waals surface area contributed by atoms with Crippen LogP contribution in [0, 0.1) is 2.88 Å². The summed E-state index contributed by atoms with van der Waals surface area (Å²) in [6.07, 6.45) is 0.217. The summed E-state index contributed by atoms with van der Waals surface area (Å²) in [7, 11) is 0. The lowest BCUT2D eigenvalue weighted by Crippen LogP contribution is -2.05. The van der Waals surface area contributed by atoms with Gasteiger partial charge in [-0.15, -0.1) is 11.3 Å². The number of ether oxygens (including phenoxy) is 1. The molecule has 1 heterocycles. The minimum absolute atomic E-state index is 0.217.